The van der Waals surface area contributed by atoms with Crippen molar-refractivity contribution in [3.8, 4) is 0 Å². The highest BCUT2D eigenvalue weighted by Gasteiger charge is 2.33. The molecule has 0 saturated heterocycles. The summed E-state index contributed by atoms with van der Waals surface area (Å²) >= 11 is 0. The lowest BCUT2D eigenvalue weighted by Gasteiger charge is -2.28. The fourth-order valence-corrected chi connectivity index (χ4v) is 2.73. The fourth-order valence-electron chi connectivity index (χ4n) is 2.73. The van der Waals surface area contributed by atoms with Gasteiger partial charge in [-0.2, -0.15) is 0 Å². The van der Waals surface area contributed by atoms with Gasteiger partial charge >= 0.3 is 0 Å². The Bertz CT molecular complexity index is 209. The minimum absolute atomic E-state index is 0.778. The topological polar surface area (TPSA) is 15.3 Å². The minimum Gasteiger partial charge on any atom is -0.312 e. The van der Waals surface area contributed by atoms with Crippen LogP contribution in [0.5, 0.6) is 0 Å². The summed E-state index contributed by atoms with van der Waals surface area (Å²) in [6, 6.07) is 0.778. The Morgan fingerprint density at radius 3 is 2.41 bits per heavy atom. The van der Waals surface area contributed by atoms with Gasteiger partial charge in [0.15, 0.2) is 0 Å². The molecule has 1 atom stereocenters. The normalized spacial score (nSPS) is 22.1. The van der Waals surface area contributed by atoms with Gasteiger partial charge in [0, 0.05) is 19.1 Å². The van der Waals surface area contributed by atoms with E-state index >= 15 is 0 Å². The molecule has 17 heavy (non-hydrogen) atoms. The average molecular weight is 238 g/mol. The van der Waals surface area contributed by atoms with E-state index in [0.29, 0.717) is 0 Å². The van der Waals surface area contributed by atoms with Crippen molar-refractivity contribution in [2.24, 2.45) is 11.8 Å². The predicted molar refractivity (Wildman–Crippen MR) is 74.3 cm³/mol. The van der Waals surface area contributed by atoms with Gasteiger partial charge in [-0.1, -0.05) is 13.8 Å². The Kier molecular flexibility index (Phi) is 5.30. The number of hydrogen-bond acceptors (Lipinski definition) is 2. The lowest BCUT2D eigenvalue weighted by atomic mass is 10.1. The first-order valence-corrected chi connectivity index (χ1v) is 7.79. The van der Waals surface area contributed by atoms with E-state index in [9.17, 15) is 0 Å². The van der Waals surface area contributed by atoms with E-state index in [1.807, 2.05) is 0 Å². The first-order valence-electron chi connectivity index (χ1n) is 7.79. The summed E-state index contributed by atoms with van der Waals surface area (Å²) in [7, 11) is 0. The van der Waals surface area contributed by atoms with Crippen LogP contribution in [0.2, 0.25) is 0 Å². The molecule has 0 amide bonds. The Morgan fingerprint density at radius 1 is 1.12 bits per heavy atom. The molecule has 2 rings (SSSR count). The van der Waals surface area contributed by atoms with Crippen molar-refractivity contribution in [1.82, 2.24) is 10.2 Å². The van der Waals surface area contributed by atoms with E-state index in [1.165, 1.54) is 64.7 Å². The summed E-state index contributed by atoms with van der Waals surface area (Å²) < 4.78 is 0. The first-order chi connectivity index (χ1) is 8.33. The zero-order valence-electron chi connectivity index (χ0n) is 11.8. The number of nitrogens with zero attached hydrogens (tertiary/aromatic N) is 1. The van der Waals surface area contributed by atoms with Crippen molar-refractivity contribution in [2.75, 3.05) is 26.2 Å². The molecule has 2 saturated carbocycles. The van der Waals surface area contributed by atoms with E-state index < -0.39 is 0 Å². The molecule has 1 unspecified atom stereocenters. The van der Waals surface area contributed by atoms with Crippen LogP contribution < -0.4 is 5.32 Å². The van der Waals surface area contributed by atoms with E-state index in [1.54, 1.807) is 0 Å². The standard InChI is InChI=1S/C15H30N2/c1-3-9-16-15(14-7-8-14)12-17(10-4-2)11-13-5-6-13/h13-16H,3-12H2,1-2H3. The van der Waals surface area contributed by atoms with Gasteiger partial charge in [-0.25, -0.2) is 0 Å². The van der Waals surface area contributed by atoms with Gasteiger partial charge < -0.3 is 10.2 Å². The Balaban J connectivity index is 1.74. The zero-order valence-corrected chi connectivity index (χ0v) is 11.8. The average Bonchev–Trinajstić information content (AvgIpc) is 3.14. The van der Waals surface area contributed by atoms with Crippen molar-refractivity contribution in [3.63, 3.8) is 0 Å². The largest absolute Gasteiger partial charge is 0.312 e. The maximum Gasteiger partial charge on any atom is 0.0223 e. The maximum atomic E-state index is 3.77. The smallest absolute Gasteiger partial charge is 0.0223 e. The van der Waals surface area contributed by atoms with Gasteiger partial charge in [-0.3, -0.25) is 0 Å². The molecular weight excluding hydrogens is 208 g/mol. The first kappa shape index (κ1) is 13.4. The highest BCUT2D eigenvalue weighted by molar-refractivity contribution is 4.89. The van der Waals surface area contributed by atoms with Crippen LogP contribution in [0.25, 0.3) is 0 Å². The molecule has 2 heteroatoms. The third-order valence-electron chi connectivity index (χ3n) is 4.06. The van der Waals surface area contributed by atoms with Gasteiger partial charge in [0.25, 0.3) is 0 Å². The minimum atomic E-state index is 0.778. The summed E-state index contributed by atoms with van der Waals surface area (Å²) in [5.41, 5.74) is 0. The third kappa shape index (κ3) is 4.97. The molecule has 0 aliphatic heterocycles. The molecule has 2 fully saturated rings. The molecule has 2 nitrogen and oxygen atoms in total. The summed E-state index contributed by atoms with van der Waals surface area (Å²) in [5, 5.41) is 3.77. The SMILES string of the molecule is CCCNC(CN(CCC)CC1CC1)C1CC1. The second kappa shape index (κ2) is 6.75. The van der Waals surface area contributed by atoms with Crippen LogP contribution in [0.1, 0.15) is 52.4 Å². The van der Waals surface area contributed by atoms with Gasteiger partial charge in [0.05, 0.1) is 0 Å². The molecule has 0 aromatic rings. The Labute approximate surface area is 107 Å². The summed E-state index contributed by atoms with van der Waals surface area (Å²) in [6.45, 7) is 9.74. The molecule has 0 heterocycles. The fraction of sp³-hybridized carbons (Fsp3) is 1.00. The summed E-state index contributed by atoms with van der Waals surface area (Å²) in [4.78, 5) is 2.73. The molecule has 2 aliphatic carbocycles. The molecular formula is C15H30N2. The number of rotatable bonds is 10. The zero-order chi connectivity index (χ0) is 12.1. The van der Waals surface area contributed by atoms with E-state index in [-0.39, 0.29) is 0 Å². The van der Waals surface area contributed by atoms with E-state index in [4.69, 9.17) is 0 Å². The van der Waals surface area contributed by atoms with Crippen molar-refractivity contribution in [1.29, 1.82) is 0 Å². The van der Waals surface area contributed by atoms with Crippen LogP contribution in [0.3, 0.4) is 0 Å². The van der Waals surface area contributed by atoms with Gasteiger partial charge in [-0.15, -0.1) is 0 Å². The van der Waals surface area contributed by atoms with Crippen molar-refractivity contribution in [3.05, 3.63) is 0 Å². The van der Waals surface area contributed by atoms with Crippen molar-refractivity contribution >= 4 is 0 Å². The van der Waals surface area contributed by atoms with Crippen molar-refractivity contribution < 1.29 is 0 Å². The van der Waals surface area contributed by atoms with Crippen LogP contribution in [0.4, 0.5) is 0 Å². The van der Waals surface area contributed by atoms with E-state index in [2.05, 4.69) is 24.1 Å². The number of hydrogen-bond donors (Lipinski definition) is 1. The Hall–Kier alpha value is -0.0800. The molecule has 0 aromatic carbocycles. The quantitative estimate of drug-likeness (QED) is 0.629. The monoisotopic (exact) mass is 238 g/mol. The second-order valence-corrected chi connectivity index (χ2v) is 6.10. The van der Waals surface area contributed by atoms with Crippen LogP contribution in [0.15, 0.2) is 0 Å². The van der Waals surface area contributed by atoms with Crippen LogP contribution in [-0.4, -0.2) is 37.1 Å². The molecule has 1 N–H and O–H groups in total. The van der Waals surface area contributed by atoms with Gasteiger partial charge in [0.2, 0.25) is 0 Å². The highest BCUT2D eigenvalue weighted by atomic mass is 15.2. The van der Waals surface area contributed by atoms with Crippen LogP contribution >= 0.6 is 0 Å². The van der Waals surface area contributed by atoms with Gasteiger partial charge in [0.1, 0.15) is 0 Å². The molecule has 0 bridgehead atoms. The van der Waals surface area contributed by atoms with E-state index in [0.717, 1.165) is 17.9 Å². The van der Waals surface area contributed by atoms with Crippen LogP contribution in [-0.2, 0) is 0 Å². The molecule has 0 radical (unpaired) electrons. The maximum absolute atomic E-state index is 3.77. The second-order valence-electron chi connectivity index (χ2n) is 6.10. The predicted octanol–water partition coefficient (Wildman–Crippen LogP) is 2.89. The molecule has 100 valence electrons. The highest BCUT2D eigenvalue weighted by Crippen LogP contribution is 2.34. The lowest BCUT2D eigenvalue weighted by Crippen LogP contribution is -2.43. The molecule has 2 aliphatic rings. The summed E-state index contributed by atoms with van der Waals surface area (Å²) in [6.07, 6.45) is 8.46. The molecule has 0 spiro atoms. The Morgan fingerprint density at radius 2 is 1.88 bits per heavy atom. The third-order valence-corrected chi connectivity index (χ3v) is 4.06. The van der Waals surface area contributed by atoms with Crippen LogP contribution in [0, 0.1) is 11.8 Å². The van der Waals surface area contributed by atoms with Gasteiger partial charge in [-0.05, 0) is 63.5 Å². The number of nitrogens with one attached hydrogen (secondary N) is 1. The summed E-state index contributed by atoms with van der Waals surface area (Å²) in [5.74, 6) is 2.02. The molecule has 0 aromatic heterocycles. The lowest BCUT2D eigenvalue weighted by molar-refractivity contribution is 0.223. The van der Waals surface area contributed by atoms with Crippen molar-refractivity contribution in [2.45, 2.75) is 58.4 Å².